The zero-order valence-corrected chi connectivity index (χ0v) is 10.9. The molecule has 98 valence electrons. The van der Waals surface area contributed by atoms with Crippen LogP contribution in [0.5, 0.6) is 0 Å². The highest BCUT2D eigenvalue weighted by Crippen LogP contribution is 2.31. The van der Waals surface area contributed by atoms with Crippen LogP contribution >= 0.6 is 0 Å². The van der Waals surface area contributed by atoms with Gasteiger partial charge in [0.05, 0.1) is 0 Å². The van der Waals surface area contributed by atoms with E-state index in [9.17, 15) is 14.7 Å². The van der Waals surface area contributed by atoms with Gasteiger partial charge in [0, 0.05) is 0 Å². The Morgan fingerprint density at radius 1 is 1.18 bits per heavy atom. The summed E-state index contributed by atoms with van der Waals surface area (Å²) in [6, 6.07) is 0. The Bertz CT molecular complexity index is 284. The SMILES string of the molecule is CC(C)(C)OC(=O)C(C(=O)O)C1CCCCC1. The Kier molecular flexibility index (Phi) is 4.54. The number of carboxylic acids is 1. The molecule has 0 spiro atoms. The molecule has 1 saturated carbocycles. The van der Waals surface area contributed by atoms with E-state index in [0.29, 0.717) is 0 Å². The van der Waals surface area contributed by atoms with Crippen molar-refractivity contribution in [2.45, 2.75) is 58.5 Å². The number of rotatable bonds is 3. The summed E-state index contributed by atoms with van der Waals surface area (Å²) in [4.78, 5) is 23.1. The van der Waals surface area contributed by atoms with Crippen LogP contribution in [0.25, 0.3) is 0 Å². The Morgan fingerprint density at radius 2 is 1.71 bits per heavy atom. The molecule has 1 rings (SSSR count). The van der Waals surface area contributed by atoms with Gasteiger partial charge >= 0.3 is 11.9 Å². The highest BCUT2D eigenvalue weighted by molar-refractivity contribution is 5.94. The predicted molar refractivity (Wildman–Crippen MR) is 63.5 cm³/mol. The molecule has 0 radical (unpaired) electrons. The molecule has 4 heteroatoms. The van der Waals surface area contributed by atoms with Crippen LogP contribution < -0.4 is 0 Å². The molecule has 0 bridgehead atoms. The van der Waals surface area contributed by atoms with E-state index in [1.54, 1.807) is 20.8 Å². The zero-order chi connectivity index (χ0) is 13.1. The zero-order valence-electron chi connectivity index (χ0n) is 10.9. The number of esters is 1. The van der Waals surface area contributed by atoms with Crippen molar-refractivity contribution in [2.24, 2.45) is 11.8 Å². The van der Waals surface area contributed by atoms with Gasteiger partial charge in [0.2, 0.25) is 0 Å². The standard InChI is InChI=1S/C13H22O4/c1-13(2,3)17-12(16)10(11(14)15)9-7-5-4-6-8-9/h9-10H,4-8H2,1-3H3,(H,14,15). The molecule has 0 aromatic heterocycles. The maximum atomic E-state index is 11.9. The number of hydrogen-bond donors (Lipinski definition) is 1. The number of ether oxygens (including phenoxy) is 1. The van der Waals surface area contributed by atoms with E-state index < -0.39 is 23.5 Å². The minimum atomic E-state index is -1.05. The van der Waals surface area contributed by atoms with Crippen LogP contribution in [0.3, 0.4) is 0 Å². The third-order valence-corrected chi connectivity index (χ3v) is 3.05. The van der Waals surface area contributed by atoms with Gasteiger partial charge in [-0.2, -0.15) is 0 Å². The minimum absolute atomic E-state index is 0.0592. The Hall–Kier alpha value is -1.06. The lowest BCUT2D eigenvalue weighted by atomic mass is 9.80. The molecule has 0 saturated heterocycles. The summed E-state index contributed by atoms with van der Waals surface area (Å²) in [7, 11) is 0. The first-order valence-electron chi connectivity index (χ1n) is 6.27. The molecule has 1 unspecified atom stereocenters. The lowest BCUT2D eigenvalue weighted by Crippen LogP contribution is -2.37. The van der Waals surface area contributed by atoms with Crippen molar-refractivity contribution in [3.8, 4) is 0 Å². The maximum absolute atomic E-state index is 11.9. The Labute approximate surface area is 102 Å². The first-order valence-corrected chi connectivity index (χ1v) is 6.27. The van der Waals surface area contributed by atoms with E-state index >= 15 is 0 Å². The van der Waals surface area contributed by atoms with Crippen LogP contribution in [0.2, 0.25) is 0 Å². The second-order valence-electron chi connectivity index (χ2n) is 5.75. The summed E-state index contributed by atoms with van der Waals surface area (Å²) in [6.07, 6.45) is 4.79. The highest BCUT2D eigenvalue weighted by Gasteiger charge is 2.38. The van der Waals surface area contributed by atoms with Crippen LogP contribution in [0.4, 0.5) is 0 Å². The van der Waals surface area contributed by atoms with Gasteiger partial charge in [-0.1, -0.05) is 19.3 Å². The summed E-state index contributed by atoms with van der Waals surface area (Å²) >= 11 is 0. The van der Waals surface area contributed by atoms with Gasteiger partial charge in [-0.3, -0.25) is 9.59 Å². The largest absolute Gasteiger partial charge is 0.481 e. The van der Waals surface area contributed by atoms with Crippen molar-refractivity contribution in [2.75, 3.05) is 0 Å². The van der Waals surface area contributed by atoms with Gasteiger partial charge in [-0.05, 0) is 39.5 Å². The topological polar surface area (TPSA) is 63.6 Å². The summed E-state index contributed by atoms with van der Waals surface area (Å²) in [6.45, 7) is 5.26. The molecule has 0 amide bonds. The third-order valence-electron chi connectivity index (χ3n) is 3.05. The third kappa shape index (κ3) is 4.36. The monoisotopic (exact) mass is 242 g/mol. The fourth-order valence-corrected chi connectivity index (χ4v) is 2.33. The van der Waals surface area contributed by atoms with Crippen LogP contribution in [0.15, 0.2) is 0 Å². The summed E-state index contributed by atoms with van der Waals surface area (Å²) in [5.74, 6) is -2.69. The van der Waals surface area contributed by atoms with Crippen molar-refractivity contribution in [3.05, 3.63) is 0 Å². The second-order valence-corrected chi connectivity index (χ2v) is 5.75. The molecule has 1 atom stereocenters. The van der Waals surface area contributed by atoms with E-state index in [4.69, 9.17) is 4.74 Å². The normalized spacial score (nSPS) is 19.7. The van der Waals surface area contributed by atoms with E-state index in [2.05, 4.69) is 0 Å². The number of carbonyl (C=O) groups is 2. The number of carbonyl (C=O) groups excluding carboxylic acids is 1. The molecule has 1 fully saturated rings. The van der Waals surface area contributed by atoms with E-state index in [1.807, 2.05) is 0 Å². The number of hydrogen-bond acceptors (Lipinski definition) is 3. The smallest absolute Gasteiger partial charge is 0.321 e. The molecule has 1 N–H and O–H groups in total. The van der Waals surface area contributed by atoms with E-state index in [-0.39, 0.29) is 5.92 Å². The fourth-order valence-electron chi connectivity index (χ4n) is 2.33. The quantitative estimate of drug-likeness (QED) is 0.610. The van der Waals surface area contributed by atoms with Crippen LogP contribution in [0.1, 0.15) is 52.9 Å². The minimum Gasteiger partial charge on any atom is -0.481 e. The van der Waals surface area contributed by atoms with Crippen molar-refractivity contribution >= 4 is 11.9 Å². The van der Waals surface area contributed by atoms with Gasteiger partial charge in [0.25, 0.3) is 0 Å². The maximum Gasteiger partial charge on any atom is 0.321 e. The number of carboxylic acid groups (broad SMARTS) is 1. The molecule has 0 aliphatic heterocycles. The second kappa shape index (κ2) is 5.52. The molecule has 0 aromatic rings. The first kappa shape index (κ1) is 14.0. The molecule has 1 aliphatic carbocycles. The molecular formula is C13H22O4. The first-order chi connectivity index (χ1) is 7.81. The average Bonchev–Trinajstić information content (AvgIpc) is 2.15. The number of aliphatic carboxylic acids is 1. The van der Waals surface area contributed by atoms with Gasteiger partial charge in [-0.25, -0.2) is 0 Å². The van der Waals surface area contributed by atoms with Crippen LogP contribution in [-0.2, 0) is 14.3 Å². The highest BCUT2D eigenvalue weighted by atomic mass is 16.6. The van der Waals surface area contributed by atoms with Crippen molar-refractivity contribution in [1.29, 1.82) is 0 Å². The van der Waals surface area contributed by atoms with Gasteiger partial charge in [0.1, 0.15) is 5.60 Å². The van der Waals surface area contributed by atoms with E-state index in [0.717, 1.165) is 32.1 Å². The van der Waals surface area contributed by atoms with Gasteiger partial charge in [-0.15, -0.1) is 0 Å². The summed E-state index contributed by atoms with van der Waals surface area (Å²) < 4.78 is 5.19. The van der Waals surface area contributed by atoms with Gasteiger partial charge in [0.15, 0.2) is 5.92 Å². The van der Waals surface area contributed by atoms with E-state index in [1.165, 1.54) is 0 Å². The molecule has 4 nitrogen and oxygen atoms in total. The molecule has 1 aliphatic rings. The molecule has 0 aromatic carbocycles. The molecule has 17 heavy (non-hydrogen) atoms. The van der Waals surface area contributed by atoms with Crippen molar-refractivity contribution < 1.29 is 19.4 Å². The average molecular weight is 242 g/mol. The fraction of sp³-hybridized carbons (Fsp3) is 0.846. The van der Waals surface area contributed by atoms with Crippen molar-refractivity contribution in [3.63, 3.8) is 0 Å². The molecule has 0 heterocycles. The Balaban J connectivity index is 2.71. The molecular weight excluding hydrogens is 220 g/mol. The van der Waals surface area contributed by atoms with Gasteiger partial charge < -0.3 is 9.84 Å². The lowest BCUT2D eigenvalue weighted by molar-refractivity contribution is -0.170. The lowest BCUT2D eigenvalue weighted by Gasteiger charge is -2.28. The van der Waals surface area contributed by atoms with Crippen LogP contribution in [0, 0.1) is 11.8 Å². The van der Waals surface area contributed by atoms with Crippen molar-refractivity contribution in [1.82, 2.24) is 0 Å². The van der Waals surface area contributed by atoms with Crippen LogP contribution in [-0.4, -0.2) is 22.6 Å². The summed E-state index contributed by atoms with van der Waals surface area (Å²) in [5.41, 5.74) is -0.626. The summed E-state index contributed by atoms with van der Waals surface area (Å²) in [5, 5.41) is 9.19. The predicted octanol–water partition coefficient (Wildman–Crippen LogP) is 2.61. The Morgan fingerprint density at radius 3 is 2.12 bits per heavy atom.